The topological polar surface area (TPSA) is 59.6 Å². The van der Waals surface area contributed by atoms with E-state index in [0.29, 0.717) is 16.3 Å². The van der Waals surface area contributed by atoms with Crippen LogP contribution in [0.3, 0.4) is 0 Å². The average molecular weight is 457 g/mol. The van der Waals surface area contributed by atoms with Crippen molar-refractivity contribution in [2.75, 3.05) is 0 Å². The van der Waals surface area contributed by atoms with Crippen LogP contribution < -0.4 is 11.2 Å². The van der Waals surface area contributed by atoms with Gasteiger partial charge in [0.05, 0.1) is 22.2 Å². The van der Waals surface area contributed by atoms with Gasteiger partial charge in [0, 0.05) is 11.6 Å². The van der Waals surface area contributed by atoms with Gasteiger partial charge in [-0.05, 0) is 41.5 Å². The maximum absolute atomic E-state index is 13.9. The Morgan fingerprint density at radius 3 is 2.32 bits per heavy atom. The minimum atomic E-state index is -4.87. The molecule has 1 saturated heterocycles. The summed E-state index contributed by atoms with van der Waals surface area (Å²) in [5.74, 6) is -1.11. The van der Waals surface area contributed by atoms with E-state index in [0.717, 1.165) is 12.1 Å². The summed E-state index contributed by atoms with van der Waals surface area (Å²) in [6.45, 7) is 0.139. The van der Waals surface area contributed by atoms with Crippen molar-refractivity contribution in [1.29, 1.82) is 0 Å². The summed E-state index contributed by atoms with van der Waals surface area (Å²) in [5, 5.41) is -0.682. The normalized spacial score (nSPS) is 21.2. The third-order valence-electron chi connectivity index (χ3n) is 4.18. The van der Waals surface area contributed by atoms with Crippen molar-refractivity contribution in [2.24, 2.45) is 10.7 Å². The fraction of sp³-hybridized carbons (Fsp3) is 0.235. The van der Waals surface area contributed by atoms with Gasteiger partial charge in [-0.3, -0.25) is 10.3 Å². The molecule has 4 nitrogen and oxygen atoms in total. The molecule has 11 heteroatoms. The quantitative estimate of drug-likeness (QED) is 0.463. The van der Waals surface area contributed by atoms with E-state index in [1.165, 1.54) is 12.1 Å². The Hall–Kier alpha value is -1.58. The van der Waals surface area contributed by atoms with Crippen LogP contribution in [-0.2, 0) is 17.0 Å². The molecule has 3 rings (SSSR count). The predicted octanol–water partition coefficient (Wildman–Crippen LogP) is 5.66. The van der Waals surface area contributed by atoms with Crippen LogP contribution in [0.15, 0.2) is 35.3 Å². The first-order valence-corrected chi connectivity index (χ1v) is 8.92. The highest BCUT2D eigenvalue weighted by Gasteiger charge is 2.62. The summed E-state index contributed by atoms with van der Waals surface area (Å²) in [6, 6.07) is 6.27. The molecule has 3 N–H and O–H groups in total. The first kappa shape index (κ1) is 21.1. The molecule has 0 radical (unpaired) electrons. The van der Waals surface area contributed by atoms with Crippen molar-refractivity contribution in [3.8, 4) is 0 Å². The molecule has 150 valence electrons. The molecular weight excluding hydrogens is 445 g/mol. The van der Waals surface area contributed by atoms with Gasteiger partial charge in [0.25, 0.3) is 0 Å². The molecule has 0 amide bonds. The van der Waals surface area contributed by atoms with Gasteiger partial charge in [-0.25, -0.2) is 9.38 Å². The molecule has 0 aromatic heterocycles. The van der Waals surface area contributed by atoms with E-state index < -0.39 is 39.6 Å². The van der Waals surface area contributed by atoms with Gasteiger partial charge in [0.15, 0.2) is 5.82 Å². The van der Waals surface area contributed by atoms with Crippen molar-refractivity contribution >= 4 is 46.3 Å². The van der Waals surface area contributed by atoms with Gasteiger partial charge >= 0.3 is 6.18 Å². The summed E-state index contributed by atoms with van der Waals surface area (Å²) >= 11 is 17.3. The monoisotopic (exact) mass is 455 g/mol. The Bertz CT molecular complexity index is 929. The number of halogens is 7. The Labute approximate surface area is 172 Å². The Kier molecular flexibility index (Phi) is 5.80. The predicted molar refractivity (Wildman–Crippen MR) is 99.4 cm³/mol. The first-order valence-electron chi connectivity index (χ1n) is 7.79. The van der Waals surface area contributed by atoms with Crippen molar-refractivity contribution < 1.29 is 22.4 Å². The van der Waals surface area contributed by atoms with Crippen molar-refractivity contribution in [3.05, 3.63) is 62.3 Å². The summed E-state index contributed by atoms with van der Waals surface area (Å²) in [5.41, 5.74) is 5.39. The number of nitrogens with two attached hydrogens (primary N) is 1. The molecular formula is C17H12Cl3F4N3O. The SMILES string of the molecule is NCc1cc(N=C2CC(c3cc(Cl)c(F)c(Cl)c3)(C(F)(F)F)ON2)ccc1Cl. The third-order valence-corrected chi connectivity index (χ3v) is 5.10. The molecule has 1 aliphatic rings. The lowest BCUT2D eigenvalue weighted by molar-refractivity contribution is -0.282. The number of nitrogens with one attached hydrogen (secondary N) is 1. The lowest BCUT2D eigenvalue weighted by Crippen LogP contribution is -2.42. The molecule has 1 aliphatic heterocycles. The van der Waals surface area contributed by atoms with Gasteiger partial charge in [0.2, 0.25) is 5.60 Å². The number of hydroxylamine groups is 1. The average Bonchev–Trinajstić information content (AvgIpc) is 3.06. The maximum Gasteiger partial charge on any atom is 0.424 e. The van der Waals surface area contributed by atoms with Crippen LogP contribution in [0.4, 0.5) is 23.2 Å². The number of nitrogens with zero attached hydrogens (tertiary/aromatic N) is 1. The highest BCUT2D eigenvalue weighted by Crippen LogP contribution is 2.48. The number of benzene rings is 2. The lowest BCUT2D eigenvalue weighted by atomic mass is 9.90. The zero-order valence-electron chi connectivity index (χ0n) is 13.9. The molecule has 0 spiro atoms. The van der Waals surface area contributed by atoms with E-state index in [2.05, 4.69) is 10.5 Å². The van der Waals surface area contributed by atoms with Gasteiger partial charge in [-0.1, -0.05) is 34.8 Å². The van der Waals surface area contributed by atoms with Gasteiger partial charge in [-0.15, -0.1) is 0 Å². The molecule has 1 atom stereocenters. The van der Waals surface area contributed by atoms with Crippen LogP contribution in [0.25, 0.3) is 0 Å². The van der Waals surface area contributed by atoms with Gasteiger partial charge < -0.3 is 5.73 Å². The molecule has 28 heavy (non-hydrogen) atoms. The molecule has 1 fully saturated rings. The fourth-order valence-electron chi connectivity index (χ4n) is 2.73. The molecule has 1 heterocycles. The van der Waals surface area contributed by atoms with E-state index in [1.54, 1.807) is 6.07 Å². The molecule has 0 aliphatic carbocycles. The first-order chi connectivity index (χ1) is 13.1. The Morgan fingerprint density at radius 1 is 1.11 bits per heavy atom. The van der Waals surface area contributed by atoms with Crippen LogP contribution in [0.1, 0.15) is 17.5 Å². The molecule has 2 aromatic rings. The van der Waals surface area contributed by atoms with Crippen LogP contribution in [0.5, 0.6) is 0 Å². The Morgan fingerprint density at radius 2 is 1.75 bits per heavy atom. The zero-order chi connectivity index (χ0) is 20.7. The van der Waals surface area contributed by atoms with E-state index in [4.69, 9.17) is 45.4 Å². The minimum absolute atomic E-state index is 0.0980. The number of alkyl halides is 3. The summed E-state index contributed by atoms with van der Waals surface area (Å²) in [4.78, 5) is 9.04. The smallest absolute Gasteiger partial charge is 0.326 e. The van der Waals surface area contributed by atoms with E-state index in [-0.39, 0.29) is 12.4 Å². The molecule has 2 aromatic carbocycles. The Balaban J connectivity index is 2.02. The number of aliphatic imine (C=N–C) groups is 1. The van der Waals surface area contributed by atoms with Crippen molar-refractivity contribution in [2.45, 2.75) is 24.7 Å². The largest absolute Gasteiger partial charge is 0.424 e. The number of rotatable bonds is 3. The lowest BCUT2D eigenvalue weighted by Gasteiger charge is -2.29. The number of hydrogen-bond acceptors (Lipinski definition) is 3. The molecule has 0 saturated carbocycles. The summed E-state index contributed by atoms with van der Waals surface area (Å²) < 4.78 is 55.4. The van der Waals surface area contributed by atoms with E-state index in [9.17, 15) is 17.6 Å². The summed E-state index contributed by atoms with van der Waals surface area (Å²) in [6.07, 6.45) is -5.57. The zero-order valence-corrected chi connectivity index (χ0v) is 16.1. The highest BCUT2D eigenvalue weighted by atomic mass is 35.5. The van der Waals surface area contributed by atoms with Crippen molar-refractivity contribution in [1.82, 2.24) is 5.48 Å². The fourth-order valence-corrected chi connectivity index (χ4v) is 3.41. The van der Waals surface area contributed by atoms with Gasteiger partial charge in [-0.2, -0.15) is 13.2 Å². The van der Waals surface area contributed by atoms with E-state index >= 15 is 0 Å². The highest BCUT2D eigenvalue weighted by molar-refractivity contribution is 6.35. The second-order valence-electron chi connectivity index (χ2n) is 6.00. The minimum Gasteiger partial charge on any atom is -0.326 e. The second-order valence-corrected chi connectivity index (χ2v) is 7.22. The third kappa shape index (κ3) is 3.79. The van der Waals surface area contributed by atoms with Crippen LogP contribution in [-0.4, -0.2) is 12.0 Å². The summed E-state index contributed by atoms with van der Waals surface area (Å²) in [7, 11) is 0. The van der Waals surface area contributed by atoms with Crippen LogP contribution in [0.2, 0.25) is 15.1 Å². The number of amidine groups is 1. The van der Waals surface area contributed by atoms with Crippen LogP contribution >= 0.6 is 34.8 Å². The number of hydrogen-bond donors (Lipinski definition) is 2. The van der Waals surface area contributed by atoms with Gasteiger partial charge in [0.1, 0.15) is 5.84 Å². The molecule has 1 unspecified atom stereocenters. The molecule has 0 bridgehead atoms. The maximum atomic E-state index is 13.9. The standard InChI is InChI=1S/C17H12Cl3F4N3O/c18-11-2-1-10(3-8(11)7-25)26-14-6-16(28-27-14,17(22,23)24)9-4-12(19)15(21)13(20)5-9/h1-5H,6-7,25H2,(H,26,27). The van der Waals surface area contributed by atoms with Crippen LogP contribution in [0, 0.1) is 5.82 Å². The van der Waals surface area contributed by atoms with E-state index in [1.807, 2.05) is 0 Å². The second kappa shape index (κ2) is 7.68. The van der Waals surface area contributed by atoms with Crippen molar-refractivity contribution in [3.63, 3.8) is 0 Å².